The lowest BCUT2D eigenvalue weighted by molar-refractivity contribution is 0.102. The summed E-state index contributed by atoms with van der Waals surface area (Å²) in [6.07, 6.45) is 3.35. The SMILES string of the molecule is COc1cccc(C(C)(O)c2cccnc2)c1. The van der Waals surface area contributed by atoms with Crippen molar-refractivity contribution in [3.63, 3.8) is 0 Å². The first-order chi connectivity index (χ1) is 8.14. The van der Waals surface area contributed by atoms with E-state index in [2.05, 4.69) is 4.98 Å². The number of aliphatic hydroxyl groups is 1. The Bertz CT molecular complexity index is 495. The maximum Gasteiger partial charge on any atom is 0.119 e. The summed E-state index contributed by atoms with van der Waals surface area (Å²) in [5, 5.41) is 10.6. The van der Waals surface area contributed by atoms with Gasteiger partial charge in [-0.3, -0.25) is 4.98 Å². The van der Waals surface area contributed by atoms with Gasteiger partial charge in [-0.05, 0) is 30.7 Å². The van der Waals surface area contributed by atoms with E-state index in [-0.39, 0.29) is 0 Å². The minimum absolute atomic E-state index is 0.728. The van der Waals surface area contributed by atoms with Gasteiger partial charge in [-0.1, -0.05) is 18.2 Å². The van der Waals surface area contributed by atoms with Crippen molar-refractivity contribution in [1.82, 2.24) is 4.98 Å². The minimum Gasteiger partial charge on any atom is -0.497 e. The Morgan fingerprint density at radius 2 is 1.94 bits per heavy atom. The highest BCUT2D eigenvalue weighted by atomic mass is 16.5. The Kier molecular flexibility index (Phi) is 3.11. The van der Waals surface area contributed by atoms with Crippen LogP contribution in [0.4, 0.5) is 0 Å². The molecule has 0 fully saturated rings. The number of ether oxygens (including phenoxy) is 1. The van der Waals surface area contributed by atoms with Crippen molar-refractivity contribution in [2.75, 3.05) is 7.11 Å². The molecular weight excluding hydrogens is 214 g/mol. The number of hydrogen-bond donors (Lipinski definition) is 1. The molecule has 88 valence electrons. The number of methoxy groups -OCH3 is 1. The lowest BCUT2D eigenvalue weighted by Crippen LogP contribution is -2.22. The Morgan fingerprint density at radius 3 is 2.59 bits per heavy atom. The number of nitrogens with zero attached hydrogens (tertiary/aromatic N) is 1. The highest BCUT2D eigenvalue weighted by molar-refractivity contribution is 5.38. The fraction of sp³-hybridized carbons (Fsp3) is 0.214. The van der Waals surface area contributed by atoms with Crippen LogP contribution >= 0.6 is 0 Å². The number of aromatic nitrogens is 1. The van der Waals surface area contributed by atoms with E-state index in [1.807, 2.05) is 36.4 Å². The molecule has 1 aromatic heterocycles. The molecule has 0 saturated heterocycles. The topological polar surface area (TPSA) is 42.4 Å². The molecule has 1 heterocycles. The van der Waals surface area contributed by atoms with E-state index in [1.165, 1.54) is 0 Å². The van der Waals surface area contributed by atoms with Gasteiger partial charge < -0.3 is 9.84 Å². The second kappa shape index (κ2) is 4.55. The molecule has 1 N–H and O–H groups in total. The summed E-state index contributed by atoms with van der Waals surface area (Å²) in [5.41, 5.74) is 0.473. The van der Waals surface area contributed by atoms with Gasteiger partial charge in [0.05, 0.1) is 7.11 Å². The first kappa shape index (κ1) is 11.6. The van der Waals surface area contributed by atoms with Crippen LogP contribution in [0, 0.1) is 0 Å². The third-order valence-electron chi connectivity index (χ3n) is 2.86. The smallest absolute Gasteiger partial charge is 0.119 e. The monoisotopic (exact) mass is 229 g/mol. The quantitative estimate of drug-likeness (QED) is 0.878. The van der Waals surface area contributed by atoms with Crippen molar-refractivity contribution in [3.8, 4) is 5.75 Å². The fourth-order valence-electron chi connectivity index (χ4n) is 1.74. The molecule has 0 radical (unpaired) electrons. The van der Waals surface area contributed by atoms with Gasteiger partial charge in [-0.2, -0.15) is 0 Å². The fourth-order valence-corrected chi connectivity index (χ4v) is 1.74. The highest BCUT2D eigenvalue weighted by Crippen LogP contribution is 2.30. The molecule has 1 unspecified atom stereocenters. The van der Waals surface area contributed by atoms with Crippen molar-refractivity contribution >= 4 is 0 Å². The minimum atomic E-state index is -1.07. The van der Waals surface area contributed by atoms with Crippen LogP contribution in [0.3, 0.4) is 0 Å². The number of pyridine rings is 1. The zero-order valence-corrected chi connectivity index (χ0v) is 9.92. The summed E-state index contributed by atoms with van der Waals surface area (Å²) < 4.78 is 5.16. The second-order valence-electron chi connectivity index (χ2n) is 4.05. The van der Waals surface area contributed by atoms with Gasteiger partial charge in [0.2, 0.25) is 0 Å². The summed E-state index contributed by atoms with van der Waals surface area (Å²) in [6, 6.07) is 11.1. The zero-order valence-electron chi connectivity index (χ0n) is 9.92. The van der Waals surface area contributed by atoms with Crippen LogP contribution in [0.5, 0.6) is 5.75 Å². The van der Waals surface area contributed by atoms with Gasteiger partial charge in [0.25, 0.3) is 0 Å². The van der Waals surface area contributed by atoms with Crippen molar-refractivity contribution in [1.29, 1.82) is 0 Å². The summed E-state index contributed by atoms with van der Waals surface area (Å²) in [7, 11) is 1.61. The normalized spacial score (nSPS) is 14.1. The Balaban J connectivity index is 2.44. The Labute approximate surface area is 101 Å². The number of benzene rings is 1. The third-order valence-corrected chi connectivity index (χ3v) is 2.86. The summed E-state index contributed by atoms with van der Waals surface area (Å²) in [6.45, 7) is 1.75. The molecule has 1 atom stereocenters. The molecule has 3 nitrogen and oxygen atoms in total. The number of hydrogen-bond acceptors (Lipinski definition) is 3. The molecule has 0 spiro atoms. The highest BCUT2D eigenvalue weighted by Gasteiger charge is 2.25. The van der Waals surface area contributed by atoms with Gasteiger partial charge in [0.1, 0.15) is 11.4 Å². The van der Waals surface area contributed by atoms with Crippen molar-refractivity contribution in [2.45, 2.75) is 12.5 Å². The summed E-state index contributed by atoms with van der Waals surface area (Å²) in [4.78, 5) is 4.03. The summed E-state index contributed by atoms with van der Waals surface area (Å²) in [5.74, 6) is 0.728. The molecular formula is C14H15NO2. The maximum absolute atomic E-state index is 10.6. The lowest BCUT2D eigenvalue weighted by atomic mass is 9.89. The zero-order chi connectivity index (χ0) is 12.3. The predicted molar refractivity (Wildman–Crippen MR) is 65.9 cm³/mol. The molecule has 17 heavy (non-hydrogen) atoms. The molecule has 0 bridgehead atoms. The van der Waals surface area contributed by atoms with E-state index in [4.69, 9.17) is 4.74 Å². The van der Waals surface area contributed by atoms with E-state index >= 15 is 0 Å². The predicted octanol–water partition coefficient (Wildman–Crippen LogP) is 2.35. The van der Waals surface area contributed by atoms with Crippen LogP contribution in [0.1, 0.15) is 18.1 Å². The van der Waals surface area contributed by atoms with Gasteiger partial charge >= 0.3 is 0 Å². The standard InChI is InChI=1S/C14H15NO2/c1-14(16,12-6-4-8-15-10-12)11-5-3-7-13(9-11)17-2/h3-10,16H,1-2H3. The van der Waals surface area contributed by atoms with Crippen LogP contribution in [0.25, 0.3) is 0 Å². The average molecular weight is 229 g/mol. The Morgan fingerprint density at radius 1 is 1.18 bits per heavy atom. The van der Waals surface area contributed by atoms with E-state index in [0.717, 1.165) is 16.9 Å². The molecule has 2 aromatic rings. The van der Waals surface area contributed by atoms with Crippen LogP contribution in [-0.4, -0.2) is 17.2 Å². The van der Waals surface area contributed by atoms with Crippen molar-refractivity contribution < 1.29 is 9.84 Å². The van der Waals surface area contributed by atoms with E-state index < -0.39 is 5.60 Å². The van der Waals surface area contributed by atoms with Crippen molar-refractivity contribution in [3.05, 3.63) is 59.9 Å². The molecule has 0 aliphatic carbocycles. The maximum atomic E-state index is 10.6. The van der Waals surface area contributed by atoms with Gasteiger partial charge in [0, 0.05) is 18.0 Å². The van der Waals surface area contributed by atoms with Crippen LogP contribution in [0.2, 0.25) is 0 Å². The molecule has 3 heteroatoms. The van der Waals surface area contributed by atoms with Crippen LogP contribution < -0.4 is 4.74 Å². The summed E-state index contributed by atoms with van der Waals surface area (Å²) >= 11 is 0. The van der Waals surface area contributed by atoms with Crippen molar-refractivity contribution in [2.24, 2.45) is 0 Å². The largest absolute Gasteiger partial charge is 0.497 e. The van der Waals surface area contributed by atoms with Crippen LogP contribution in [0.15, 0.2) is 48.8 Å². The first-order valence-corrected chi connectivity index (χ1v) is 5.42. The molecule has 0 amide bonds. The van der Waals surface area contributed by atoms with Gasteiger partial charge in [-0.15, -0.1) is 0 Å². The third kappa shape index (κ3) is 2.29. The molecule has 2 rings (SSSR count). The second-order valence-corrected chi connectivity index (χ2v) is 4.05. The van der Waals surface area contributed by atoms with E-state index in [9.17, 15) is 5.11 Å². The molecule has 0 aliphatic rings. The first-order valence-electron chi connectivity index (χ1n) is 5.42. The molecule has 1 aromatic carbocycles. The number of rotatable bonds is 3. The van der Waals surface area contributed by atoms with E-state index in [0.29, 0.717) is 0 Å². The molecule has 0 aliphatic heterocycles. The van der Waals surface area contributed by atoms with Crippen LogP contribution in [-0.2, 0) is 5.60 Å². The lowest BCUT2D eigenvalue weighted by Gasteiger charge is -2.24. The molecule has 0 saturated carbocycles. The Hall–Kier alpha value is -1.87. The van der Waals surface area contributed by atoms with E-state index in [1.54, 1.807) is 26.4 Å². The van der Waals surface area contributed by atoms with Gasteiger partial charge in [-0.25, -0.2) is 0 Å². The van der Waals surface area contributed by atoms with Gasteiger partial charge in [0.15, 0.2) is 0 Å². The average Bonchev–Trinajstić information content (AvgIpc) is 2.40.